The molecule has 2 aromatic carbocycles. The molecule has 0 saturated heterocycles. The normalized spacial score (nSPS) is 13.3. The molecule has 1 aliphatic carbocycles. The molecule has 0 aliphatic heterocycles. The average molecular weight is 238 g/mol. The van der Waals surface area contributed by atoms with Gasteiger partial charge in [0.05, 0.1) is 5.56 Å². The van der Waals surface area contributed by atoms with E-state index in [1.165, 1.54) is 23.1 Å². The highest BCUT2D eigenvalue weighted by molar-refractivity contribution is 5.88. The lowest BCUT2D eigenvalue weighted by atomic mass is 9.96. The summed E-state index contributed by atoms with van der Waals surface area (Å²) in [6.07, 6.45) is 3.52. The van der Waals surface area contributed by atoms with Crippen molar-refractivity contribution in [3.63, 3.8) is 0 Å². The van der Waals surface area contributed by atoms with Gasteiger partial charge in [-0.15, -0.1) is 0 Å². The minimum Gasteiger partial charge on any atom is -0.478 e. The fraction of sp³-hybridized carbons (Fsp3) is 0.188. The van der Waals surface area contributed by atoms with Gasteiger partial charge in [-0.3, -0.25) is 0 Å². The summed E-state index contributed by atoms with van der Waals surface area (Å²) in [6, 6.07) is 13.6. The van der Waals surface area contributed by atoms with Crippen molar-refractivity contribution in [1.82, 2.24) is 0 Å². The fourth-order valence-corrected chi connectivity index (χ4v) is 2.68. The van der Waals surface area contributed by atoms with E-state index >= 15 is 0 Å². The first-order chi connectivity index (χ1) is 8.75. The van der Waals surface area contributed by atoms with E-state index in [4.69, 9.17) is 5.11 Å². The molecule has 2 heteroatoms. The number of fused-ring (bicyclic) bond motifs is 1. The van der Waals surface area contributed by atoms with E-state index < -0.39 is 5.97 Å². The van der Waals surface area contributed by atoms with Crippen LogP contribution in [0.15, 0.2) is 42.5 Å². The van der Waals surface area contributed by atoms with Gasteiger partial charge in [-0.2, -0.15) is 0 Å². The number of rotatable bonds is 2. The maximum Gasteiger partial charge on any atom is 0.335 e. The number of benzene rings is 2. The Kier molecular flexibility index (Phi) is 2.63. The fourth-order valence-electron chi connectivity index (χ4n) is 2.68. The zero-order valence-corrected chi connectivity index (χ0v) is 10.0. The molecule has 0 unspecified atom stereocenters. The zero-order chi connectivity index (χ0) is 12.5. The van der Waals surface area contributed by atoms with Crippen molar-refractivity contribution < 1.29 is 9.90 Å². The van der Waals surface area contributed by atoms with Crippen LogP contribution in [0.3, 0.4) is 0 Å². The molecule has 0 amide bonds. The average Bonchev–Trinajstić information content (AvgIpc) is 2.87. The summed E-state index contributed by atoms with van der Waals surface area (Å²) in [5.41, 5.74) is 5.57. The maximum atomic E-state index is 10.8. The third-order valence-electron chi connectivity index (χ3n) is 3.59. The van der Waals surface area contributed by atoms with Crippen molar-refractivity contribution in [1.29, 1.82) is 0 Å². The lowest BCUT2D eigenvalue weighted by Gasteiger charge is -2.08. The summed E-state index contributed by atoms with van der Waals surface area (Å²) < 4.78 is 0. The van der Waals surface area contributed by atoms with E-state index in [0.717, 1.165) is 18.4 Å². The summed E-state index contributed by atoms with van der Waals surface area (Å²) in [7, 11) is 0. The zero-order valence-electron chi connectivity index (χ0n) is 10.0. The molecule has 18 heavy (non-hydrogen) atoms. The van der Waals surface area contributed by atoms with Gasteiger partial charge in [0.25, 0.3) is 0 Å². The molecule has 0 aromatic heterocycles. The standard InChI is InChI=1S/C16H14O2/c17-16(18)13-9-7-12(8-10-13)15-6-2-4-11-3-1-5-14(11)15/h2,4,6-10H,1,3,5H2,(H,17,18). The minimum atomic E-state index is -0.875. The predicted octanol–water partition coefficient (Wildman–Crippen LogP) is 3.54. The number of carboxylic acid groups (broad SMARTS) is 1. The smallest absolute Gasteiger partial charge is 0.335 e. The minimum absolute atomic E-state index is 0.339. The summed E-state index contributed by atoms with van der Waals surface area (Å²) in [4.78, 5) is 10.8. The lowest BCUT2D eigenvalue weighted by molar-refractivity contribution is 0.0697. The van der Waals surface area contributed by atoms with Crippen LogP contribution in [0, 0.1) is 0 Å². The molecule has 0 radical (unpaired) electrons. The Morgan fingerprint density at radius 1 is 1.00 bits per heavy atom. The van der Waals surface area contributed by atoms with E-state index in [1.807, 2.05) is 12.1 Å². The monoisotopic (exact) mass is 238 g/mol. The second kappa shape index (κ2) is 4.30. The highest BCUT2D eigenvalue weighted by Crippen LogP contribution is 2.32. The van der Waals surface area contributed by atoms with Crippen molar-refractivity contribution in [2.24, 2.45) is 0 Å². The first-order valence-electron chi connectivity index (χ1n) is 6.20. The number of hydrogen-bond acceptors (Lipinski definition) is 1. The molecule has 0 spiro atoms. The van der Waals surface area contributed by atoms with E-state index in [2.05, 4.69) is 18.2 Å². The Hall–Kier alpha value is -2.09. The van der Waals surface area contributed by atoms with Gasteiger partial charge in [0.1, 0.15) is 0 Å². The topological polar surface area (TPSA) is 37.3 Å². The van der Waals surface area contributed by atoms with E-state index in [-0.39, 0.29) is 0 Å². The van der Waals surface area contributed by atoms with Crippen LogP contribution in [0.5, 0.6) is 0 Å². The number of aryl methyl sites for hydroxylation is 1. The van der Waals surface area contributed by atoms with Gasteiger partial charge in [-0.25, -0.2) is 4.79 Å². The van der Waals surface area contributed by atoms with E-state index in [1.54, 1.807) is 12.1 Å². The van der Waals surface area contributed by atoms with Gasteiger partial charge in [0, 0.05) is 0 Å². The number of carboxylic acids is 1. The van der Waals surface area contributed by atoms with Gasteiger partial charge in [0.2, 0.25) is 0 Å². The summed E-state index contributed by atoms with van der Waals surface area (Å²) in [6.45, 7) is 0. The van der Waals surface area contributed by atoms with Crippen molar-refractivity contribution in [3.05, 3.63) is 59.2 Å². The van der Waals surface area contributed by atoms with Crippen LogP contribution in [0.2, 0.25) is 0 Å². The number of hydrogen-bond donors (Lipinski definition) is 1. The summed E-state index contributed by atoms with van der Waals surface area (Å²) >= 11 is 0. The van der Waals surface area contributed by atoms with Crippen LogP contribution in [-0.4, -0.2) is 11.1 Å². The molecule has 0 heterocycles. The number of aromatic carboxylic acids is 1. The molecule has 0 saturated carbocycles. The molecule has 0 bridgehead atoms. The van der Waals surface area contributed by atoms with Gasteiger partial charge < -0.3 is 5.11 Å². The third kappa shape index (κ3) is 1.80. The lowest BCUT2D eigenvalue weighted by Crippen LogP contribution is -1.95. The van der Waals surface area contributed by atoms with E-state index in [0.29, 0.717) is 5.56 Å². The van der Waals surface area contributed by atoms with Gasteiger partial charge >= 0.3 is 5.97 Å². The second-order valence-corrected chi connectivity index (χ2v) is 4.68. The maximum absolute atomic E-state index is 10.8. The summed E-state index contributed by atoms with van der Waals surface area (Å²) in [5, 5.41) is 8.90. The van der Waals surface area contributed by atoms with Gasteiger partial charge in [0.15, 0.2) is 0 Å². The molecule has 0 atom stereocenters. The first-order valence-corrected chi connectivity index (χ1v) is 6.20. The number of carbonyl (C=O) groups is 1. The third-order valence-corrected chi connectivity index (χ3v) is 3.59. The molecule has 2 aromatic rings. The quantitative estimate of drug-likeness (QED) is 0.868. The Morgan fingerprint density at radius 3 is 2.50 bits per heavy atom. The molecular weight excluding hydrogens is 224 g/mol. The molecule has 3 rings (SSSR count). The van der Waals surface area contributed by atoms with Crippen LogP contribution in [0.25, 0.3) is 11.1 Å². The molecule has 2 nitrogen and oxygen atoms in total. The Balaban J connectivity index is 2.05. The van der Waals surface area contributed by atoms with Crippen molar-refractivity contribution in [2.45, 2.75) is 19.3 Å². The highest BCUT2D eigenvalue weighted by atomic mass is 16.4. The Bertz CT molecular complexity index is 597. The molecule has 0 fully saturated rings. The van der Waals surface area contributed by atoms with Gasteiger partial charge in [-0.05, 0) is 53.6 Å². The molecular formula is C16H14O2. The van der Waals surface area contributed by atoms with Crippen LogP contribution in [0.4, 0.5) is 0 Å². The van der Waals surface area contributed by atoms with Crippen LogP contribution >= 0.6 is 0 Å². The van der Waals surface area contributed by atoms with Crippen molar-refractivity contribution >= 4 is 5.97 Å². The highest BCUT2D eigenvalue weighted by Gasteiger charge is 2.15. The molecule has 90 valence electrons. The first kappa shape index (κ1) is 11.0. The predicted molar refractivity (Wildman–Crippen MR) is 70.9 cm³/mol. The van der Waals surface area contributed by atoms with Crippen molar-refractivity contribution in [3.8, 4) is 11.1 Å². The van der Waals surface area contributed by atoms with Crippen LogP contribution < -0.4 is 0 Å². The molecule has 1 aliphatic rings. The molecule has 1 N–H and O–H groups in total. The second-order valence-electron chi connectivity index (χ2n) is 4.68. The van der Waals surface area contributed by atoms with Crippen LogP contribution in [-0.2, 0) is 12.8 Å². The Labute approximate surface area is 106 Å². The largest absolute Gasteiger partial charge is 0.478 e. The van der Waals surface area contributed by atoms with Crippen molar-refractivity contribution in [2.75, 3.05) is 0 Å². The summed E-state index contributed by atoms with van der Waals surface area (Å²) in [5.74, 6) is -0.875. The van der Waals surface area contributed by atoms with E-state index in [9.17, 15) is 4.79 Å². The Morgan fingerprint density at radius 2 is 1.78 bits per heavy atom. The SMILES string of the molecule is O=C(O)c1ccc(-c2cccc3c2CCC3)cc1. The van der Waals surface area contributed by atoms with Crippen LogP contribution in [0.1, 0.15) is 27.9 Å². The van der Waals surface area contributed by atoms with Gasteiger partial charge in [-0.1, -0.05) is 30.3 Å².